The highest BCUT2D eigenvalue weighted by Gasteiger charge is 2.12. The molecule has 0 aliphatic heterocycles. The van der Waals surface area contributed by atoms with Gasteiger partial charge in [-0.1, -0.05) is 52.0 Å². The average Bonchev–Trinajstić information content (AvgIpc) is 2.03. The lowest BCUT2D eigenvalue weighted by Crippen LogP contribution is -2.10. The number of hydrogen-bond donors (Lipinski definition) is 0. The van der Waals surface area contributed by atoms with Crippen molar-refractivity contribution < 1.29 is 0 Å². The van der Waals surface area contributed by atoms with Gasteiger partial charge in [0.05, 0.1) is 0 Å². The zero-order valence-electron chi connectivity index (χ0n) is 8.39. The molecule has 0 heterocycles. The standard InChI is InChI=1S/C12H17/c1-5-10-7-6-8-11(9-10)12(2,3)4/h5-9H,1-4H3. The molecular formula is C12H17. The van der Waals surface area contributed by atoms with E-state index < -0.39 is 0 Å². The maximum atomic E-state index is 2.25. The first-order valence-electron chi connectivity index (χ1n) is 4.44. The molecule has 0 bridgehead atoms. The Morgan fingerprint density at radius 1 is 1.17 bits per heavy atom. The molecule has 0 heteroatoms. The van der Waals surface area contributed by atoms with Crippen molar-refractivity contribution in [3.8, 4) is 0 Å². The topological polar surface area (TPSA) is 0 Å². The van der Waals surface area contributed by atoms with Crippen LogP contribution < -0.4 is 0 Å². The van der Waals surface area contributed by atoms with Crippen LogP contribution in [0.4, 0.5) is 0 Å². The third-order valence-corrected chi connectivity index (χ3v) is 2.09. The highest BCUT2D eigenvalue weighted by molar-refractivity contribution is 5.31. The molecule has 0 atom stereocenters. The molecule has 0 aliphatic rings. The minimum absolute atomic E-state index is 0.263. The van der Waals surface area contributed by atoms with E-state index >= 15 is 0 Å². The van der Waals surface area contributed by atoms with E-state index in [1.165, 1.54) is 11.1 Å². The zero-order chi connectivity index (χ0) is 9.19. The first-order chi connectivity index (χ1) is 5.54. The van der Waals surface area contributed by atoms with Crippen molar-refractivity contribution in [3.05, 3.63) is 41.8 Å². The Hall–Kier alpha value is -0.780. The highest BCUT2D eigenvalue weighted by Crippen LogP contribution is 2.22. The molecule has 0 aliphatic carbocycles. The lowest BCUT2D eigenvalue weighted by molar-refractivity contribution is 0.590. The smallest absolute Gasteiger partial charge is 0.0124 e. The van der Waals surface area contributed by atoms with E-state index in [1.54, 1.807) is 0 Å². The SMILES string of the molecule is C[CH]c1cccc(C(C)(C)C)c1. The molecule has 0 N–H and O–H groups in total. The molecule has 65 valence electrons. The normalized spacial score (nSPS) is 11.7. The van der Waals surface area contributed by atoms with E-state index in [4.69, 9.17) is 0 Å². The van der Waals surface area contributed by atoms with Crippen molar-refractivity contribution >= 4 is 0 Å². The van der Waals surface area contributed by atoms with Crippen molar-refractivity contribution in [2.24, 2.45) is 0 Å². The molecule has 0 saturated heterocycles. The Bertz CT molecular complexity index is 253. The molecule has 0 unspecified atom stereocenters. The number of rotatable bonds is 1. The molecule has 0 amide bonds. The van der Waals surface area contributed by atoms with Crippen molar-refractivity contribution in [2.75, 3.05) is 0 Å². The van der Waals surface area contributed by atoms with Gasteiger partial charge in [-0.3, -0.25) is 0 Å². The minimum atomic E-state index is 0.263. The van der Waals surface area contributed by atoms with Crippen LogP contribution in [0.3, 0.4) is 0 Å². The van der Waals surface area contributed by atoms with Gasteiger partial charge in [0.15, 0.2) is 0 Å². The van der Waals surface area contributed by atoms with Crippen LogP contribution in [0.25, 0.3) is 0 Å². The molecule has 12 heavy (non-hydrogen) atoms. The fraction of sp³-hybridized carbons (Fsp3) is 0.417. The summed E-state index contributed by atoms with van der Waals surface area (Å²) < 4.78 is 0. The van der Waals surface area contributed by atoms with Gasteiger partial charge >= 0.3 is 0 Å². The predicted octanol–water partition coefficient (Wildman–Crippen LogP) is 3.56. The van der Waals surface area contributed by atoms with Gasteiger partial charge in [0, 0.05) is 0 Å². The van der Waals surface area contributed by atoms with E-state index in [0.717, 1.165) is 0 Å². The Morgan fingerprint density at radius 2 is 1.83 bits per heavy atom. The second-order valence-corrected chi connectivity index (χ2v) is 4.16. The van der Waals surface area contributed by atoms with Crippen molar-refractivity contribution in [2.45, 2.75) is 33.1 Å². The lowest BCUT2D eigenvalue weighted by atomic mass is 9.86. The summed E-state index contributed by atoms with van der Waals surface area (Å²) in [6.45, 7) is 8.78. The monoisotopic (exact) mass is 161 g/mol. The van der Waals surface area contributed by atoms with E-state index in [2.05, 4.69) is 58.4 Å². The first-order valence-corrected chi connectivity index (χ1v) is 4.44. The summed E-state index contributed by atoms with van der Waals surface area (Å²) in [4.78, 5) is 0. The van der Waals surface area contributed by atoms with Crippen LogP contribution in [0.2, 0.25) is 0 Å². The molecular weight excluding hydrogens is 144 g/mol. The molecule has 1 aromatic carbocycles. The quantitative estimate of drug-likeness (QED) is 0.591. The fourth-order valence-corrected chi connectivity index (χ4v) is 1.18. The first kappa shape index (κ1) is 9.31. The van der Waals surface area contributed by atoms with Gasteiger partial charge < -0.3 is 0 Å². The van der Waals surface area contributed by atoms with Crippen LogP contribution >= 0.6 is 0 Å². The van der Waals surface area contributed by atoms with Gasteiger partial charge in [0.1, 0.15) is 0 Å². The summed E-state index contributed by atoms with van der Waals surface area (Å²) in [5, 5.41) is 0. The molecule has 0 spiro atoms. The Labute approximate surface area is 75.6 Å². The highest BCUT2D eigenvalue weighted by atomic mass is 14.2. The largest absolute Gasteiger partial charge is 0.0617 e. The molecule has 1 aromatic rings. The van der Waals surface area contributed by atoms with Gasteiger partial charge in [-0.15, -0.1) is 0 Å². The summed E-state index contributed by atoms with van der Waals surface area (Å²) in [5.74, 6) is 0. The van der Waals surface area contributed by atoms with Gasteiger partial charge in [-0.25, -0.2) is 0 Å². The van der Waals surface area contributed by atoms with Crippen molar-refractivity contribution in [1.82, 2.24) is 0 Å². The van der Waals surface area contributed by atoms with Crippen molar-refractivity contribution in [1.29, 1.82) is 0 Å². The zero-order valence-corrected chi connectivity index (χ0v) is 8.39. The van der Waals surface area contributed by atoms with Gasteiger partial charge in [0.2, 0.25) is 0 Å². The van der Waals surface area contributed by atoms with E-state index in [1.807, 2.05) is 0 Å². The number of hydrogen-bond acceptors (Lipinski definition) is 0. The minimum Gasteiger partial charge on any atom is -0.0617 e. The fourth-order valence-electron chi connectivity index (χ4n) is 1.18. The molecule has 0 fully saturated rings. The summed E-state index contributed by atoms with van der Waals surface area (Å²) in [5.41, 5.74) is 2.97. The molecule has 1 rings (SSSR count). The summed E-state index contributed by atoms with van der Waals surface area (Å²) in [7, 11) is 0. The third kappa shape index (κ3) is 2.10. The van der Waals surface area contributed by atoms with E-state index in [9.17, 15) is 0 Å². The molecule has 0 saturated carbocycles. The molecule has 0 nitrogen and oxygen atoms in total. The van der Waals surface area contributed by atoms with Crippen LogP contribution in [0.15, 0.2) is 24.3 Å². The van der Waals surface area contributed by atoms with Crippen molar-refractivity contribution in [3.63, 3.8) is 0 Å². The average molecular weight is 161 g/mol. The van der Waals surface area contributed by atoms with Gasteiger partial charge in [0.25, 0.3) is 0 Å². The maximum Gasteiger partial charge on any atom is -0.0124 e. The van der Waals surface area contributed by atoms with E-state index in [0.29, 0.717) is 0 Å². The van der Waals surface area contributed by atoms with Crippen LogP contribution in [-0.2, 0) is 5.41 Å². The second-order valence-electron chi connectivity index (χ2n) is 4.16. The lowest BCUT2D eigenvalue weighted by Gasteiger charge is -2.19. The Morgan fingerprint density at radius 3 is 2.33 bits per heavy atom. The third-order valence-electron chi connectivity index (χ3n) is 2.09. The molecule has 1 radical (unpaired) electrons. The van der Waals surface area contributed by atoms with Gasteiger partial charge in [-0.05, 0) is 23.0 Å². The predicted molar refractivity (Wildman–Crippen MR) is 54.2 cm³/mol. The summed E-state index contributed by atoms with van der Waals surface area (Å²) >= 11 is 0. The Kier molecular flexibility index (Phi) is 2.56. The van der Waals surface area contributed by atoms with Crippen LogP contribution in [0.1, 0.15) is 38.8 Å². The van der Waals surface area contributed by atoms with Crippen LogP contribution in [-0.4, -0.2) is 0 Å². The summed E-state index contributed by atoms with van der Waals surface area (Å²) in [6.07, 6.45) is 2.13. The summed E-state index contributed by atoms with van der Waals surface area (Å²) in [6, 6.07) is 8.69. The van der Waals surface area contributed by atoms with E-state index in [-0.39, 0.29) is 5.41 Å². The number of benzene rings is 1. The maximum absolute atomic E-state index is 2.25. The second kappa shape index (κ2) is 3.30. The van der Waals surface area contributed by atoms with Crippen LogP contribution in [0.5, 0.6) is 0 Å². The van der Waals surface area contributed by atoms with Gasteiger partial charge in [-0.2, -0.15) is 0 Å². The van der Waals surface area contributed by atoms with Crippen LogP contribution in [0, 0.1) is 6.42 Å². The molecule has 0 aromatic heterocycles. The Balaban J connectivity index is 3.02.